The quantitative estimate of drug-likeness (QED) is 0.727. The number of nitrogens with zero attached hydrogens (tertiary/aromatic N) is 2. The molecule has 0 radical (unpaired) electrons. The molecule has 1 aromatic rings. The topological polar surface area (TPSA) is 29.9 Å². The number of aromatic nitrogens is 2. The van der Waals surface area contributed by atoms with Crippen LogP contribution in [0.3, 0.4) is 0 Å². The van der Waals surface area contributed by atoms with E-state index < -0.39 is 0 Å². The maximum absolute atomic E-state index is 4.43. The van der Waals surface area contributed by atoms with Gasteiger partial charge in [-0.2, -0.15) is 0 Å². The third-order valence-electron chi connectivity index (χ3n) is 2.23. The first-order chi connectivity index (χ1) is 7.13. The van der Waals surface area contributed by atoms with E-state index in [-0.39, 0.29) is 0 Å². The van der Waals surface area contributed by atoms with E-state index in [0.29, 0.717) is 0 Å². The molecule has 0 unspecified atom stereocenters. The molecule has 0 saturated carbocycles. The van der Waals surface area contributed by atoms with E-state index in [4.69, 9.17) is 0 Å². The van der Waals surface area contributed by atoms with Crippen LogP contribution in [0.5, 0.6) is 0 Å². The zero-order valence-electron chi connectivity index (χ0n) is 9.95. The van der Waals surface area contributed by atoms with Crippen LogP contribution in [0, 0.1) is 12.8 Å². The first-order valence-electron chi connectivity index (χ1n) is 5.52. The number of imidazole rings is 1. The average molecular weight is 207 g/mol. The van der Waals surface area contributed by atoms with Crippen LogP contribution < -0.4 is 5.32 Å². The number of rotatable bonds is 6. The highest BCUT2D eigenvalue weighted by Crippen LogP contribution is 2.09. The molecule has 1 rings (SSSR count). The summed E-state index contributed by atoms with van der Waals surface area (Å²) in [6.45, 7) is 12.0. The van der Waals surface area contributed by atoms with Crippen molar-refractivity contribution in [3.63, 3.8) is 0 Å². The van der Waals surface area contributed by atoms with Crippen LogP contribution in [0.15, 0.2) is 18.9 Å². The molecule has 1 heterocycles. The molecule has 0 amide bonds. The Morgan fingerprint density at radius 3 is 2.93 bits per heavy atom. The predicted molar refractivity (Wildman–Crippen MR) is 65.1 cm³/mol. The molecule has 15 heavy (non-hydrogen) atoms. The largest absolute Gasteiger partial charge is 0.356 e. The standard InChI is InChI=1S/C12H21N3/c1-5-8-15-9-11(4)14-12(15)13-7-6-10(2)3/h5,9-10H,1,6-8H2,2-4H3,(H,13,14). The fourth-order valence-corrected chi connectivity index (χ4v) is 1.44. The zero-order valence-corrected chi connectivity index (χ0v) is 9.95. The minimum Gasteiger partial charge on any atom is -0.356 e. The van der Waals surface area contributed by atoms with Gasteiger partial charge in [0.25, 0.3) is 0 Å². The second-order valence-corrected chi connectivity index (χ2v) is 4.26. The molecular formula is C12H21N3. The number of hydrogen-bond donors (Lipinski definition) is 1. The molecule has 0 aromatic carbocycles. The van der Waals surface area contributed by atoms with Crippen LogP contribution in [0.25, 0.3) is 0 Å². The molecule has 0 saturated heterocycles. The van der Waals surface area contributed by atoms with E-state index >= 15 is 0 Å². The van der Waals surface area contributed by atoms with Crippen LogP contribution in [-0.4, -0.2) is 16.1 Å². The second kappa shape index (κ2) is 5.59. The smallest absolute Gasteiger partial charge is 0.203 e. The van der Waals surface area contributed by atoms with Gasteiger partial charge >= 0.3 is 0 Å². The Kier molecular flexibility index (Phi) is 4.40. The molecule has 0 fully saturated rings. The molecule has 0 aliphatic heterocycles. The molecular weight excluding hydrogens is 186 g/mol. The molecule has 84 valence electrons. The number of allylic oxidation sites excluding steroid dienone is 1. The lowest BCUT2D eigenvalue weighted by atomic mass is 10.1. The minimum absolute atomic E-state index is 0.724. The second-order valence-electron chi connectivity index (χ2n) is 4.26. The summed E-state index contributed by atoms with van der Waals surface area (Å²) in [4.78, 5) is 4.43. The summed E-state index contributed by atoms with van der Waals surface area (Å²) in [5, 5.41) is 3.35. The maximum Gasteiger partial charge on any atom is 0.203 e. The van der Waals surface area contributed by atoms with Gasteiger partial charge in [0.15, 0.2) is 0 Å². The van der Waals surface area contributed by atoms with Crippen LogP contribution in [0.4, 0.5) is 5.95 Å². The Bertz CT molecular complexity index is 313. The highest BCUT2D eigenvalue weighted by Gasteiger charge is 2.03. The number of anilines is 1. The van der Waals surface area contributed by atoms with Crippen LogP contribution in [0.2, 0.25) is 0 Å². The van der Waals surface area contributed by atoms with Crippen molar-refractivity contribution in [3.05, 3.63) is 24.5 Å². The highest BCUT2D eigenvalue weighted by atomic mass is 15.2. The lowest BCUT2D eigenvalue weighted by Crippen LogP contribution is -2.09. The molecule has 3 nitrogen and oxygen atoms in total. The first kappa shape index (κ1) is 11.8. The SMILES string of the molecule is C=CCn1cc(C)nc1NCCC(C)C. The van der Waals surface area contributed by atoms with Gasteiger partial charge in [0, 0.05) is 19.3 Å². The third kappa shape index (κ3) is 3.78. The van der Waals surface area contributed by atoms with Gasteiger partial charge in [0.05, 0.1) is 5.69 Å². The minimum atomic E-state index is 0.724. The lowest BCUT2D eigenvalue weighted by Gasteiger charge is -2.09. The van der Waals surface area contributed by atoms with Gasteiger partial charge < -0.3 is 9.88 Å². The lowest BCUT2D eigenvalue weighted by molar-refractivity contribution is 0.604. The summed E-state index contributed by atoms with van der Waals surface area (Å²) in [6, 6.07) is 0. The van der Waals surface area contributed by atoms with Crippen molar-refractivity contribution in [2.24, 2.45) is 5.92 Å². The van der Waals surface area contributed by atoms with Gasteiger partial charge in [-0.25, -0.2) is 4.98 Å². The van der Waals surface area contributed by atoms with Gasteiger partial charge in [-0.15, -0.1) is 6.58 Å². The highest BCUT2D eigenvalue weighted by molar-refractivity contribution is 5.28. The van der Waals surface area contributed by atoms with Gasteiger partial charge in [0.1, 0.15) is 0 Å². The molecule has 0 atom stereocenters. The van der Waals surface area contributed by atoms with Gasteiger partial charge in [-0.05, 0) is 19.3 Å². The van der Waals surface area contributed by atoms with Gasteiger partial charge in [0.2, 0.25) is 5.95 Å². The number of hydrogen-bond acceptors (Lipinski definition) is 2. The Morgan fingerprint density at radius 2 is 2.33 bits per heavy atom. The van der Waals surface area contributed by atoms with Crippen molar-refractivity contribution in [3.8, 4) is 0 Å². The summed E-state index contributed by atoms with van der Waals surface area (Å²) in [6.07, 6.45) is 5.09. The summed E-state index contributed by atoms with van der Waals surface area (Å²) in [5.74, 6) is 1.68. The van der Waals surface area contributed by atoms with E-state index in [0.717, 1.165) is 30.6 Å². The van der Waals surface area contributed by atoms with E-state index in [1.165, 1.54) is 6.42 Å². The number of nitrogens with one attached hydrogen (secondary N) is 1. The molecule has 0 aliphatic carbocycles. The fourth-order valence-electron chi connectivity index (χ4n) is 1.44. The summed E-state index contributed by atoms with van der Waals surface area (Å²) < 4.78 is 2.09. The molecule has 0 spiro atoms. The monoisotopic (exact) mass is 207 g/mol. The average Bonchev–Trinajstić information content (AvgIpc) is 2.47. The molecule has 0 bridgehead atoms. The summed E-state index contributed by atoms with van der Waals surface area (Å²) in [5.41, 5.74) is 1.05. The fraction of sp³-hybridized carbons (Fsp3) is 0.583. The number of aryl methyl sites for hydroxylation is 1. The van der Waals surface area contributed by atoms with Crippen molar-refractivity contribution in [2.45, 2.75) is 33.7 Å². The summed E-state index contributed by atoms with van der Waals surface area (Å²) >= 11 is 0. The zero-order chi connectivity index (χ0) is 11.3. The Labute approximate surface area is 92.2 Å². The molecule has 0 aliphatic rings. The van der Waals surface area contributed by atoms with Gasteiger partial charge in [-0.3, -0.25) is 0 Å². The van der Waals surface area contributed by atoms with Crippen molar-refractivity contribution >= 4 is 5.95 Å². The first-order valence-corrected chi connectivity index (χ1v) is 5.52. The predicted octanol–water partition coefficient (Wildman–Crippen LogP) is 2.84. The normalized spacial score (nSPS) is 10.7. The summed E-state index contributed by atoms with van der Waals surface area (Å²) in [7, 11) is 0. The van der Waals surface area contributed by atoms with E-state index in [9.17, 15) is 0 Å². The van der Waals surface area contributed by atoms with Crippen LogP contribution in [0.1, 0.15) is 26.0 Å². The van der Waals surface area contributed by atoms with Crippen LogP contribution >= 0.6 is 0 Å². The van der Waals surface area contributed by atoms with Crippen molar-refractivity contribution < 1.29 is 0 Å². The third-order valence-corrected chi connectivity index (χ3v) is 2.23. The van der Waals surface area contributed by atoms with Crippen molar-refractivity contribution in [1.29, 1.82) is 0 Å². The van der Waals surface area contributed by atoms with Crippen LogP contribution in [-0.2, 0) is 6.54 Å². The Morgan fingerprint density at radius 1 is 1.60 bits per heavy atom. The Balaban J connectivity index is 2.54. The molecule has 1 aromatic heterocycles. The molecule has 1 N–H and O–H groups in total. The Hall–Kier alpha value is -1.25. The maximum atomic E-state index is 4.43. The molecule has 3 heteroatoms. The van der Waals surface area contributed by atoms with Crippen molar-refractivity contribution in [2.75, 3.05) is 11.9 Å². The van der Waals surface area contributed by atoms with Crippen molar-refractivity contribution in [1.82, 2.24) is 9.55 Å². The van der Waals surface area contributed by atoms with E-state index in [2.05, 4.69) is 35.3 Å². The van der Waals surface area contributed by atoms with Gasteiger partial charge in [-0.1, -0.05) is 19.9 Å². The van der Waals surface area contributed by atoms with E-state index in [1.807, 2.05) is 19.2 Å². The van der Waals surface area contributed by atoms with E-state index in [1.54, 1.807) is 0 Å².